The molecule has 0 spiro atoms. The second-order valence-electron chi connectivity index (χ2n) is 15.9. The van der Waals surface area contributed by atoms with Crippen LogP contribution in [0.5, 0.6) is 0 Å². The zero-order valence-electron chi connectivity index (χ0n) is 23.4. The molecule has 0 aliphatic heterocycles. The Morgan fingerprint density at radius 1 is 0.459 bits per heavy atom. The molecule has 0 heterocycles. The first kappa shape index (κ1) is 27.5. The zero-order valence-corrected chi connectivity index (χ0v) is 25.4. The largest absolute Gasteiger partial charge is 0.390 e. The smallest absolute Gasteiger partial charge is 0.0655 e. The average Bonchev–Trinajstić information content (AvgIpc) is 2.75. The molecule has 0 saturated heterocycles. The van der Waals surface area contributed by atoms with Crippen molar-refractivity contribution in [2.24, 2.45) is 53.3 Å². The summed E-state index contributed by atoms with van der Waals surface area (Å²) in [7, 11) is 0. The minimum absolute atomic E-state index is 0.200. The van der Waals surface area contributed by atoms with Crippen LogP contribution in [0.25, 0.3) is 0 Å². The van der Waals surface area contributed by atoms with E-state index in [1.54, 1.807) is 0 Å². The van der Waals surface area contributed by atoms with Crippen LogP contribution in [0.1, 0.15) is 129 Å². The summed E-state index contributed by atoms with van der Waals surface area (Å²) < 4.78 is 2.94. The summed E-state index contributed by atoms with van der Waals surface area (Å²) in [6, 6.07) is 0. The molecule has 3 nitrogen and oxygen atoms in total. The van der Waals surface area contributed by atoms with E-state index in [0.717, 1.165) is 117 Å². The van der Waals surface area contributed by atoms with Gasteiger partial charge in [0, 0.05) is 0 Å². The molecule has 0 atom stereocenters. The minimum atomic E-state index is -0.200. The van der Waals surface area contributed by atoms with Gasteiger partial charge in [-0.15, -0.1) is 0 Å². The van der Waals surface area contributed by atoms with E-state index in [2.05, 4.69) is 11.1 Å². The predicted octanol–water partition coefficient (Wildman–Crippen LogP) is 6.74. The second-order valence-corrected chi connectivity index (χ2v) is 16.6. The minimum Gasteiger partial charge on any atom is -0.390 e. The van der Waals surface area contributed by atoms with Gasteiger partial charge in [0.25, 0.3) is 0 Å². The van der Waals surface area contributed by atoms with Crippen molar-refractivity contribution >= 4 is 0 Å². The number of hydrogen-bond donors (Lipinski definition) is 3. The van der Waals surface area contributed by atoms with E-state index in [1.807, 2.05) is 19.2 Å². The van der Waals surface area contributed by atoms with Gasteiger partial charge in [0.2, 0.25) is 0 Å². The van der Waals surface area contributed by atoms with Crippen molar-refractivity contribution in [3.8, 4) is 4.20 Å². The first-order chi connectivity index (χ1) is 17.6. The molecule has 4 heteroatoms. The molecular weight excluding hydrogens is 540 g/mol. The van der Waals surface area contributed by atoms with Gasteiger partial charge in [0.15, 0.2) is 0 Å². The molecule has 12 aliphatic rings. The number of aliphatic hydroxyl groups is 3. The Hall–Kier alpha value is 0.348. The maximum atomic E-state index is 10.1. The predicted molar refractivity (Wildman–Crippen MR) is 144 cm³/mol. The van der Waals surface area contributed by atoms with Crippen LogP contribution in [0.15, 0.2) is 0 Å². The van der Waals surface area contributed by atoms with Gasteiger partial charge in [0.05, 0.1) is 16.8 Å². The summed E-state index contributed by atoms with van der Waals surface area (Å²) in [6.07, 6.45) is 24.1. The summed E-state index contributed by atoms with van der Waals surface area (Å²) in [6.45, 7) is 2.07. The molecule has 3 N–H and O–H groups in total. The third kappa shape index (κ3) is 6.32. The van der Waals surface area contributed by atoms with Crippen LogP contribution in [-0.2, 0) is 19.2 Å². The second kappa shape index (κ2) is 10.6. The van der Waals surface area contributed by atoms with Crippen LogP contribution in [0.3, 0.4) is 0 Å². The first-order valence-corrected chi connectivity index (χ1v) is 17.1. The Morgan fingerprint density at radius 2 is 0.595 bits per heavy atom. The normalized spacial score (nSPS) is 54.3. The van der Waals surface area contributed by atoms with Crippen LogP contribution < -0.4 is 0 Å². The van der Waals surface area contributed by atoms with Crippen molar-refractivity contribution in [2.75, 3.05) is 0 Å². The summed E-state index contributed by atoms with van der Waals surface area (Å²) in [4.78, 5) is 0. The third-order valence-corrected chi connectivity index (χ3v) is 12.9. The molecule has 0 aromatic carbocycles. The van der Waals surface area contributed by atoms with E-state index in [4.69, 9.17) is 0 Å². The maximum Gasteiger partial charge on any atom is 0.0655 e. The van der Waals surface area contributed by atoms with Crippen LogP contribution in [0.2, 0.25) is 0 Å². The molecule has 37 heavy (non-hydrogen) atoms. The fourth-order valence-electron chi connectivity index (χ4n) is 12.2. The van der Waals surface area contributed by atoms with Crippen molar-refractivity contribution in [1.82, 2.24) is 0 Å². The van der Waals surface area contributed by atoms with E-state index < -0.39 is 0 Å². The summed E-state index contributed by atoms with van der Waals surface area (Å²) >= 11 is 1.87. The summed E-state index contributed by atoms with van der Waals surface area (Å²) in [5.74, 6) is 8.05. The molecule has 0 amide bonds. The topological polar surface area (TPSA) is 60.7 Å². The fourth-order valence-corrected chi connectivity index (χ4v) is 12.2. The Morgan fingerprint density at radius 3 is 0.676 bits per heavy atom. The number of rotatable bonds is 0. The first-order valence-electron chi connectivity index (χ1n) is 16.1. The Kier molecular flexibility index (Phi) is 7.91. The molecule has 12 fully saturated rings. The van der Waals surface area contributed by atoms with Gasteiger partial charge < -0.3 is 15.3 Å². The molecule has 12 rings (SSSR count). The summed E-state index contributed by atoms with van der Waals surface area (Å²) in [5.41, 5.74) is -0.599. The van der Waals surface area contributed by atoms with Gasteiger partial charge in [-0.25, -0.2) is 0 Å². The fraction of sp³-hybridized carbons (Fsp3) is 0.970. The van der Waals surface area contributed by atoms with Crippen LogP contribution in [0.4, 0.5) is 0 Å². The molecule has 12 aliphatic carbocycles. The van der Waals surface area contributed by atoms with Gasteiger partial charge in [-0.2, -0.15) is 0 Å². The SMILES string of the molecule is CC[C]#[Mo].OC12CC3CC(CC(C3)C1)C2.OC12CC3CC(CC(C3)C1)C2.OC12CC3CC(CC(C3)C1)C2. The van der Waals surface area contributed by atoms with Crippen molar-refractivity contribution in [3.05, 3.63) is 0 Å². The molecular formula is C33H53MoO3. The van der Waals surface area contributed by atoms with Gasteiger partial charge in [-0.05, 0) is 169 Å². The Balaban J connectivity index is 0.0000000955. The van der Waals surface area contributed by atoms with E-state index >= 15 is 0 Å². The van der Waals surface area contributed by atoms with Gasteiger partial charge in [0.1, 0.15) is 0 Å². The maximum absolute atomic E-state index is 10.1. The third-order valence-electron chi connectivity index (χ3n) is 12.2. The Bertz CT molecular complexity index is 652. The quantitative estimate of drug-likeness (QED) is 0.273. The van der Waals surface area contributed by atoms with E-state index in [-0.39, 0.29) is 16.8 Å². The van der Waals surface area contributed by atoms with Crippen molar-refractivity contribution in [1.29, 1.82) is 0 Å². The Labute approximate surface area is 237 Å². The van der Waals surface area contributed by atoms with Crippen molar-refractivity contribution in [3.63, 3.8) is 0 Å². The zero-order chi connectivity index (χ0) is 25.8. The van der Waals surface area contributed by atoms with Crippen LogP contribution in [-0.4, -0.2) is 32.1 Å². The molecule has 0 aromatic rings. The molecule has 0 unspecified atom stereocenters. The van der Waals surface area contributed by atoms with E-state index in [0.29, 0.717) is 0 Å². The van der Waals surface area contributed by atoms with Gasteiger partial charge in [-0.3, -0.25) is 0 Å². The van der Waals surface area contributed by atoms with E-state index in [9.17, 15) is 15.3 Å². The average molecular weight is 594 g/mol. The monoisotopic (exact) mass is 595 g/mol. The standard InChI is InChI=1S/3C10H16O.C3H5.Mo/c3*11-10-4-7-1-8(5-10)3-9(2-7)6-10;1-3-2;/h3*7-9,11H,1-6H2;3H2,1H3;. The van der Waals surface area contributed by atoms with Crippen molar-refractivity contribution in [2.45, 2.75) is 146 Å². The molecule has 0 radical (unpaired) electrons. The molecule has 12 bridgehead atoms. The van der Waals surface area contributed by atoms with Crippen LogP contribution >= 0.6 is 0 Å². The van der Waals surface area contributed by atoms with Gasteiger partial charge in [-0.1, -0.05) is 0 Å². The van der Waals surface area contributed by atoms with E-state index in [1.165, 1.54) is 57.8 Å². The van der Waals surface area contributed by atoms with Crippen LogP contribution in [0, 0.1) is 57.5 Å². The van der Waals surface area contributed by atoms with Gasteiger partial charge >= 0.3 is 36.7 Å². The number of hydrogen-bond acceptors (Lipinski definition) is 3. The molecule has 12 saturated carbocycles. The molecule has 0 aromatic heterocycles. The van der Waals surface area contributed by atoms with Crippen molar-refractivity contribution < 1.29 is 34.5 Å². The summed E-state index contributed by atoms with van der Waals surface area (Å²) in [5, 5.41) is 30.3. The molecule has 209 valence electrons.